The number of benzene rings is 4. The van der Waals surface area contributed by atoms with Crippen molar-refractivity contribution in [2.75, 3.05) is 10.6 Å². The van der Waals surface area contributed by atoms with Crippen LogP contribution in [0, 0.1) is 27.7 Å². The van der Waals surface area contributed by atoms with Gasteiger partial charge in [0.2, 0.25) is 0 Å². The highest BCUT2D eigenvalue weighted by Crippen LogP contribution is 2.30. The van der Waals surface area contributed by atoms with E-state index in [9.17, 15) is 9.59 Å². The first-order valence-electron chi connectivity index (χ1n) is 11.3. The number of nitrogens with one attached hydrogen (secondary N) is 2. The van der Waals surface area contributed by atoms with Crippen LogP contribution in [0.1, 0.15) is 43.0 Å². The number of hydrogen-bond donors (Lipinski definition) is 2. The molecule has 0 aliphatic heterocycles. The van der Waals surface area contributed by atoms with Gasteiger partial charge in [-0.25, -0.2) is 0 Å². The van der Waals surface area contributed by atoms with Gasteiger partial charge in [0.05, 0.1) is 0 Å². The molecule has 34 heavy (non-hydrogen) atoms. The standard InChI is InChI=1S/C30H28N2O2/c1-19-11-9-17-27(21(19)3)31-29(33)25-15-7-5-13-23(25)24-14-6-8-16-26(24)30(34)32-28-18-10-12-20(2)22(28)4/h5-18H,1-4H3,(H,31,33)(H,32,34). The Balaban J connectivity index is 1.70. The van der Waals surface area contributed by atoms with Gasteiger partial charge >= 0.3 is 0 Å². The predicted molar refractivity (Wildman–Crippen MR) is 140 cm³/mol. The maximum absolute atomic E-state index is 13.3. The molecule has 170 valence electrons. The second kappa shape index (κ2) is 9.75. The quantitative estimate of drug-likeness (QED) is 0.342. The van der Waals surface area contributed by atoms with Crippen molar-refractivity contribution in [1.82, 2.24) is 0 Å². The van der Waals surface area contributed by atoms with Crippen LogP contribution in [0.4, 0.5) is 11.4 Å². The fourth-order valence-corrected chi connectivity index (χ4v) is 3.98. The highest BCUT2D eigenvalue weighted by molar-refractivity contribution is 6.13. The summed E-state index contributed by atoms with van der Waals surface area (Å²) in [5, 5.41) is 6.08. The molecule has 4 aromatic carbocycles. The third-order valence-electron chi connectivity index (χ3n) is 6.34. The molecular formula is C30H28N2O2. The first-order chi connectivity index (χ1) is 16.4. The lowest BCUT2D eigenvalue weighted by Gasteiger charge is -2.16. The van der Waals surface area contributed by atoms with Gasteiger partial charge in [-0.3, -0.25) is 9.59 Å². The number of amides is 2. The summed E-state index contributed by atoms with van der Waals surface area (Å²) in [5.74, 6) is -0.428. The van der Waals surface area contributed by atoms with Gasteiger partial charge in [-0.1, -0.05) is 60.7 Å². The molecule has 0 radical (unpaired) electrons. The largest absolute Gasteiger partial charge is 0.322 e. The highest BCUT2D eigenvalue weighted by atomic mass is 16.2. The van der Waals surface area contributed by atoms with Gasteiger partial charge in [-0.15, -0.1) is 0 Å². The minimum Gasteiger partial charge on any atom is -0.322 e. The number of rotatable bonds is 5. The van der Waals surface area contributed by atoms with Crippen molar-refractivity contribution < 1.29 is 9.59 Å². The molecule has 0 unspecified atom stereocenters. The number of anilines is 2. The number of aryl methyl sites for hydroxylation is 2. The van der Waals surface area contributed by atoms with E-state index in [4.69, 9.17) is 0 Å². The van der Waals surface area contributed by atoms with Crippen molar-refractivity contribution in [3.63, 3.8) is 0 Å². The zero-order valence-electron chi connectivity index (χ0n) is 19.9. The molecule has 4 aromatic rings. The molecule has 0 heterocycles. The summed E-state index contributed by atoms with van der Waals surface area (Å²) in [6.45, 7) is 8.01. The maximum atomic E-state index is 13.3. The van der Waals surface area contributed by atoms with E-state index in [1.54, 1.807) is 12.1 Å². The van der Waals surface area contributed by atoms with E-state index in [-0.39, 0.29) is 11.8 Å². The second-order valence-electron chi connectivity index (χ2n) is 8.49. The van der Waals surface area contributed by atoms with Crippen LogP contribution >= 0.6 is 0 Å². The van der Waals surface area contributed by atoms with E-state index in [0.717, 1.165) is 33.6 Å². The Morgan fingerprint density at radius 3 is 1.29 bits per heavy atom. The highest BCUT2D eigenvalue weighted by Gasteiger charge is 2.19. The number of carbonyl (C=O) groups excluding carboxylic acids is 2. The molecule has 0 aliphatic carbocycles. The molecule has 4 nitrogen and oxygen atoms in total. The number of hydrogen-bond acceptors (Lipinski definition) is 2. The minimum atomic E-state index is -0.214. The molecule has 0 saturated carbocycles. The average molecular weight is 449 g/mol. The molecule has 0 aromatic heterocycles. The van der Waals surface area contributed by atoms with Crippen LogP contribution in [0.2, 0.25) is 0 Å². The molecule has 2 N–H and O–H groups in total. The molecule has 2 amide bonds. The van der Waals surface area contributed by atoms with E-state index in [1.807, 2.05) is 100 Å². The van der Waals surface area contributed by atoms with E-state index >= 15 is 0 Å². The Bertz CT molecular complexity index is 1280. The number of carbonyl (C=O) groups is 2. The summed E-state index contributed by atoms with van der Waals surface area (Å²) >= 11 is 0. The van der Waals surface area contributed by atoms with Crippen molar-refractivity contribution in [3.05, 3.63) is 118 Å². The summed E-state index contributed by atoms with van der Waals surface area (Å²) in [7, 11) is 0. The second-order valence-corrected chi connectivity index (χ2v) is 8.49. The van der Waals surface area contributed by atoms with Crippen molar-refractivity contribution >= 4 is 23.2 Å². The Morgan fingerprint density at radius 1 is 0.500 bits per heavy atom. The Hall–Kier alpha value is -4.18. The normalized spacial score (nSPS) is 10.6. The van der Waals surface area contributed by atoms with Crippen LogP contribution in [0.3, 0.4) is 0 Å². The van der Waals surface area contributed by atoms with E-state index in [1.165, 1.54) is 0 Å². The zero-order chi connectivity index (χ0) is 24.2. The maximum Gasteiger partial charge on any atom is 0.256 e. The van der Waals surface area contributed by atoms with E-state index < -0.39 is 0 Å². The molecule has 0 spiro atoms. The lowest BCUT2D eigenvalue weighted by Crippen LogP contribution is -2.16. The van der Waals surface area contributed by atoms with Gasteiger partial charge in [0.25, 0.3) is 11.8 Å². The van der Waals surface area contributed by atoms with Gasteiger partial charge in [-0.2, -0.15) is 0 Å². The molecular weight excluding hydrogens is 420 g/mol. The van der Waals surface area contributed by atoms with E-state index in [2.05, 4.69) is 10.6 Å². The first-order valence-corrected chi connectivity index (χ1v) is 11.3. The zero-order valence-corrected chi connectivity index (χ0v) is 19.9. The van der Waals surface area contributed by atoms with Crippen molar-refractivity contribution in [1.29, 1.82) is 0 Å². The van der Waals surface area contributed by atoms with Crippen molar-refractivity contribution in [2.45, 2.75) is 27.7 Å². The van der Waals surface area contributed by atoms with Crippen LogP contribution in [0.5, 0.6) is 0 Å². The smallest absolute Gasteiger partial charge is 0.256 e. The fraction of sp³-hybridized carbons (Fsp3) is 0.133. The van der Waals surface area contributed by atoms with Crippen LogP contribution in [-0.2, 0) is 0 Å². The Morgan fingerprint density at radius 2 is 0.882 bits per heavy atom. The van der Waals surface area contributed by atoms with Crippen LogP contribution in [0.15, 0.2) is 84.9 Å². The summed E-state index contributed by atoms with van der Waals surface area (Å²) < 4.78 is 0. The molecule has 0 aliphatic rings. The van der Waals surface area contributed by atoms with Gasteiger partial charge in [0.1, 0.15) is 0 Å². The molecule has 4 heteroatoms. The molecule has 0 fully saturated rings. The minimum absolute atomic E-state index is 0.214. The van der Waals surface area contributed by atoms with Gasteiger partial charge in [0.15, 0.2) is 0 Å². The molecule has 4 rings (SSSR count). The lowest BCUT2D eigenvalue weighted by atomic mass is 9.94. The third kappa shape index (κ3) is 4.62. The van der Waals surface area contributed by atoms with Crippen molar-refractivity contribution in [2.24, 2.45) is 0 Å². The molecule has 0 saturated heterocycles. The van der Waals surface area contributed by atoms with Crippen LogP contribution in [0.25, 0.3) is 11.1 Å². The SMILES string of the molecule is Cc1cccc(NC(=O)c2ccccc2-c2ccccc2C(=O)Nc2cccc(C)c2C)c1C. The lowest BCUT2D eigenvalue weighted by molar-refractivity contribution is 0.101. The third-order valence-corrected chi connectivity index (χ3v) is 6.34. The van der Waals surface area contributed by atoms with Crippen LogP contribution < -0.4 is 10.6 Å². The fourth-order valence-electron chi connectivity index (χ4n) is 3.98. The average Bonchev–Trinajstić information content (AvgIpc) is 2.85. The summed E-state index contributed by atoms with van der Waals surface area (Å²) in [6, 6.07) is 26.4. The van der Waals surface area contributed by atoms with Crippen LogP contribution in [-0.4, -0.2) is 11.8 Å². The van der Waals surface area contributed by atoms with Gasteiger partial charge in [0, 0.05) is 22.5 Å². The van der Waals surface area contributed by atoms with E-state index in [0.29, 0.717) is 22.3 Å². The molecule has 0 atom stereocenters. The topological polar surface area (TPSA) is 58.2 Å². The van der Waals surface area contributed by atoms with Gasteiger partial charge < -0.3 is 10.6 Å². The predicted octanol–water partition coefficient (Wildman–Crippen LogP) is 7.09. The van der Waals surface area contributed by atoms with Crippen molar-refractivity contribution in [3.8, 4) is 11.1 Å². The summed E-state index contributed by atoms with van der Waals surface area (Å²) in [4.78, 5) is 26.6. The monoisotopic (exact) mass is 448 g/mol. The Kier molecular flexibility index (Phi) is 6.60. The molecule has 0 bridgehead atoms. The first kappa shape index (κ1) is 23.0. The Labute approximate surface area is 200 Å². The summed E-state index contributed by atoms with van der Waals surface area (Å²) in [6.07, 6.45) is 0. The van der Waals surface area contributed by atoms with Gasteiger partial charge in [-0.05, 0) is 85.3 Å². The summed E-state index contributed by atoms with van der Waals surface area (Å²) in [5.41, 5.74) is 8.27.